The summed E-state index contributed by atoms with van der Waals surface area (Å²) in [5.41, 5.74) is 0. The molecule has 1 atom stereocenters. The van der Waals surface area contributed by atoms with Crippen molar-refractivity contribution >= 4 is 11.7 Å². The molecule has 0 aromatic carbocycles. The Morgan fingerprint density at radius 2 is 0.853 bits per heavy atom. The summed E-state index contributed by atoms with van der Waals surface area (Å²) >= 11 is 0. The van der Waals surface area contributed by atoms with E-state index in [4.69, 9.17) is 0 Å². The highest BCUT2D eigenvalue weighted by Gasteiger charge is 2.18. The molecule has 34 heavy (non-hydrogen) atoms. The van der Waals surface area contributed by atoms with E-state index in [9.17, 15) is 14.7 Å². The SMILES string of the molecule is CCCCCCCCCCCCCCCC(=O)[C@H](CO)NC(=O)CCCCCCCCCCC. The molecule has 4 nitrogen and oxygen atoms in total. The van der Waals surface area contributed by atoms with Gasteiger partial charge in [-0.15, -0.1) is 0 Å². The van der Waals surface area contributed by atoms with E-state index in [1.807, 2.05) is 0 Å². The van der Waals surface area contributed by atoms with Crippen LogP contribution in [0.4, 0.5) is 0 Å². The third-order valence-electron chi connectivity index (χ3n) is 6.94. The number of aliphatic hydroxyl groups excluding tert-OH is 1. The second kappa shape index (κ2) is 26.7. The number of aliphatic hydroxyl groups is 1. The minimum absolute atomic E-state index is 0.0222. The summed E-state index contributed by atoms with van der Waals surface area (Å²) in [6.07, 6.45) is 28.5. The Labute approximate surface area is 212 Å². The zero-order valence-corrected chi connectivity index (χ0v) is 23.0. The van der Waals surface area contributed by atoms with Crippen molar-refractivity contribution in [3.8, 4) is 0 Å². The fraction of sp³-hybridized carbons (Fsp3) is 0.933. The number of amides is 1. The smallest absolute Gasteiger partial charge is 0.220 e. The largest absolute Gasteiger partial charge is 0.394 e. The maximum absolute atomic E-state index is 12.4. The van der Waals surface area contributed by atoms with Crippen LogP contribution >= 0.6 is 0 Å². The average Bonchev–Trinajstić information content (AvgIpc) is 2.84. The quantitative estimate of drug-likeness (QED) is 0.116. The van der Waals surface area contributed by atoms with Crippen molar-refractivity contribution in [1.82, 2.24) is 5.32 Å². The van der Waals surface area contributed by atoms with Crippen LogP contribution in [0.5, 0.6) is 0 Å². The predicted octanol–water partition coefficient (Wildman–Crippen LogP) is 8.43. The zero-order chi connectivity index (χ0) is 25.1. The normalized spacial score (nSPS) is 12.1. The molecule has 4 heteroatoms. The Balaban J connectivity index is 3.59. The van der Waals surface area contributed by atoms with Gasteiger partial charge in [-0.3, -0.25) is 9.59 Å². The fourth-order valence-corrected chi connectivity index (χ4v) is 4.58. The van der Waals surface area contributed by atoms with Gasteiger partial charge in [-0.2, -0.15) is 0 Å². The summed E-state index contributed by atoms with van der Waals surface area (Å²) in [6, 6.07) is -0.719. The van der Waals surface area contributed by atoms with Crippen molar-refractivity contribution in [3.63, 3.8) is 0 Å². The Kier molecular flexibility index (Phi) is 26.0. The number of rotatable bonds is 27. The Hall–Kier alpha value is -0.900. The van der Waals surface area contributed by atoms with Crippen LogP contribution in [0.25, 0.3) is 0 Å². The minimum atomic E-state index is -0.719. The fourth-order valence-electron chi connectivity index (χ4n) is 4.58. The molecular weight excluding hydrogens is 422 g/mol. The number of hydrogen-bond donors (Lipinski definition) is 2. The lowest BCUT2D eigenvalue weighted by molar-refractivity contribution is -0.128. The topological polar surface area (TPSA) is 66.4 Å². The van der Waals surface area contributed by atoms with Gasteiger partial charge in [0.1, 0.15) is 6.04 Å². The van der Waals surface area contributed by atoms with Crippen molar-refractivity contribution < 1.29 is 14.7 Å². The van der Waals surface area contributed by atoms with Crippen LogP contribution in [-0.4, -0.2) is 29.4 Å². The molecule has 0 aliphatic carbocycles. The van der Waals surface area contributed by atoms with Crippen LogP contribution in [0.1, 0.15) is 168 Å². The molecule has 0 unspecified atom stereocenters. The lowest BCUT2D eigenvalue weighted by Crippen LogP contribution is -2.43. The van der Waals surface area contributed by atoms with Gasteiger partial charge >= 0.3 is 0 Å². The molecule has 0 radical (unpaired) electrons. The molecule has 1 amide bonds. The Morgan fingerprint density at radius 1 is 0.529 bits per heavy atom. The summed E-state index contributed by atoms with van der Waals surface area (Å²) in [5.74, 6) is -0.119. The molecule has 0 bridgehead atoms. The molecular formula is C30H59NO3. The first-order chi connectivity index (χ1) is 16.7. The first-order valence-electron chi connectivity index (χ1n) is 15.1. The Bertz CT molecular complexity index is 452. The van der Waals surface area contributed by atoms with E-state index in [0.29, 0.717) is 12.8 Å². The lowest BCUT2D eigenvalue weighted by Gasteiger charge is -2.15. The number of nitrogens with one attached hydrogen (secondary N) is 1. The molecule has 0 aromatic rings. The molecule has 0 saturated carbocycles. The highest BCUT2D eigenvalue weighted by molar-refractivity contribution is 5.89. The first kappa shape index (κ1) is 33.1. The third-order valence-corrected chi connectivity index (χ3v) is 6.94. The van der Waals surface area contributed by atoms with Gasteiger partial charge in [0, 0.05) is 12.8 Å². The van der Waals surface area contributed by atoms with Gasteiger partial charge in [-0.25, -0.2) is 0 Å². The van der Waals surface area contributed by atoms with Crippen molar-refractivity contribution in [2.45, 2.75) is 174 Å². The van der Waals surface area contributed by atoms with Gasteiger partial charge in [0.2, 0.25) is 5.91 Å². The van der Waals surface area contributed by atoms with Gasteiger partial charge in [0.05, 0.1) is 6.61 Å². The van der Waals surface area contributed by atoms with Gasteiger partial charge in [0.25, 0.3) is 0 Å². The van der Waals surface area contributed by atoms with Crippen molar-refractivity contribution in [1.29, 1.82) is 0 Å². The molecule has 0 aliphatic rings. The number of carbonyl (C=O) groups is 2. The second-order valence-electron chi connectivity index (χ2n) is 10.3. The van der Waals surface area contributed by atoms with Crippen LogP contribution in [-0.2, 0) is 9.59 Å². The van der Waals surface area contributed by atoms with Crippen molar-refractivity contribution in [3.05, 3.63) is 0 Å². The van der Waals surface area contributed by atoms with Gasteiger partial charge in [0.15, 0.2) is 5.78 Å². The zero-order valence-electron chi connectivity index (χ0n) is 23.0. The van der Waals surface area contributed by atoms with Gasteiger partial charge < -0.3 is 10.4 Å². The monoisotopic (exact) mass is 481 g/mol. The van der Waals surface area contributed by atoms with Crippen LogP contribution in [0.15, 0.2) is 0 Å². The van der Waals surface area contributed by atoms with E-state index in [1.54, 1.807) is 0 Å². The Morgan fingerprint density at radius 3 is 1.21 bits per heavy atom. The van der Waals surface area contributed by atoms with Crippen LogP contribution in [0.2, 0.25) is 0 Å². The molecule has 0 heterocycles. The van der Waals surface area contributed by atoms with E-state index in [-0.39, 0.29) is 18.3 Å². The third kappa shape index (κ3) is 22.9. The lowest BCUT2D eigenvalue weighted by atomic mass is 10.0. The second-order valence-corrected chi connectivity index (χ2v) is 10.3. The summed E-state index contributed by atoms with van der Waals surface area (Å²) in [7, 11) is 0. The number of carbonyl (C=O) groups excluding carboxylic acids is 2. The first-order valence-corrected chi connectivity index (χ1v) is 15.1. The van der Waals surface area contributed by atoms with E-state index in [1.165, 1.54) is 116 Å². The van der Waals surface area contributed by atoms with Gasteiger partial charge in [-0.1, -0.05) is 142 Å². The number of ketones is 1. The molecule has 0 aliphatic heterocycles. The summed E-state index contributed by atoms with van der Waals surface area (Å²) in [4.78, 5) is 24.5. The molecule has 2 N–H and O–H groups in total. The standard InChI is InChI=1S/C30H59NO3/c1-3-5-7-9-11-13-14-15-16-18-19-21-23-25-29(33)28(27-32)31-30(34)26-24-22-20-17-12-10-8-6-4-2/h28,32H,3-27H2,1-2H3,(H,31,34)/t28-/m0/s1. The summed E-state index contributed by atoms with van der Waals surface area (Å²) in [6.45, 7) is 4.21. The van der Waals surface area contributed by atoms with Gasteiger partial charge in [-0.05, 0) is 12.8 Å². The summed E-state index contributed by atoms with van der Waals surface area (Å²) in [5, 5.41) is 12.3. The number of Topliss-reactive ketones (excluding diaryl/α,β-unsaturated/α-hetero) is 1. The molecule has 202 valence electrons. The highest BCUT2D eigenvalue weighted by Crippen LogP contribution is 2.14. The van der Waals surface area contributed by atoms with E-state index in [2.05, 4.69) is 19.2 Å². The van der Waals surface area contributed by atoms with Crippen LogP contribution in [0, 0.1) is 0 Å². The van der Waals surface area contributed by atoms with Crippen LogP contribution in [0.3, 0.4) is 0 Å². The average molecular weight is 482 g/mol. The maximum Gasteiger partial charge on any atom is 0.220 e. The van der Waals surface area contributed by atoms with E-state index >= 15 is 0 Å². The summed E-state index contributed by atoms with van der Waals surface area (Å²) < 4.78 is 0. The number of unbranched alkanes of at least 4 members (excludes halogenated alkanes) is 20. The van der Waals surface area contributed by atoms with Crippen molar-refractivity contribution in [2.24, 2.45) is 0 Å². The number of hydrogen-bond acceptors (Lipinski definition) is 3. The molecule has 0 rings (SSSR count). The minimum Gasteiger partial charge on any atom is -0.394 e. The molecule has 0 spiro atoms. The maximum atomic E-state index is 12.4. The van der Waals surface area contributed by atoms with E-state index in [0.717, 1.165) is 25.7 Å². The van der Waals surface area contributed by atoms with Crippen LogP contribution < -0.4 is 5.32 Å². The predicted molar refractivity (Wildman–Crippen MR) is 146 cm³/mol. The highest BCUT2D eigenvalue weighted by atomic mass is 16.3. The molecule has 0 fully saturated rings. The van der Waals surface area contributed by atoms with Crippen molar-refractivity contribution in [2.75, 3.05) is 6.61 Å². The van der Waals surface area contributed by atoms with E-state index < -0.39 is 6.04 Å². The molecule has 0 saturated heterocycles. The molecule has 0 aromatic heterocycles.